The fourth-order valence-corrected chi connectivity index (χ4v) is 1.46. The molecule has 0 aliphatic heterocycles. The lowest BCUT2D eigenvalue weighted by atomic mass is 10.2. The molecule has 1 aromatic carbocycles. The van der Waals surface area contributed by atoms with Crippen LogP contribution in [0.5, 0.6) is 0 Å². The van der Waals surface area contributed by atoms with Crippen molar-refractivity contribution in [2.24, 2.45) is 0 Å². The van der Waals surface area contributed by atoms with Crippen molar-refractivity contribution in [3.8, 4) is 0 Å². The first-order valence-corrected chi connectivity index (χ1v) is 4.82. The highest BCUT2D eigenvalue weighted by atomic mass is 16.6. The van der Waals surface area contributed by atoms with Crippen LogP contribution < -0.4 is 11.1 Å². The molecule has 1 aromatic rings. The number of hydrogen-bond donors (Lipinski definition) is 2. The molecule has 0 unspecified atom stereocenters. The van der Waals surface area contributed by atoms with Crippen molar-refractivity contribution in [3.63, 3.8) is 0 Å². The maximum Gasteiger partial charge on any atom is 0.292 e. The minimum absolute atomic E-state index is 0.0403. The Morgan fingerprint density at radius 3 is 2.67 bits per heavy atom. The predicted octanol–water partition coefficient (Wildman–Crippen LogP) is 2.14. The molecule has 15 heavy (non-hydrogen) atoms. The van der Waals surface area contributed by atoms with Crippen LogP contribution in [-0.2, 0) is 0 Å². The van der Waals surface area contributed by atoms with Crippen molar-refractivity contribution >= 4 is 17.1 Å². The van der Waals surface area contributed by atoms with Gasteiger partial charge in [0.1, 0.15) is 5.69 Å². The maximum absolute atomic E-state index is 10.5. The number of nitrogens with two attached hydrogens (primary N) is 1. The number of nitro groups is 1. The Labute approximate surface area is 87.4 Å². The normalized spacial score (nSPS) is 17.1. The number of nitro benzene ring substituents is 1. The molecular formula is C10H13N3O2. The molecule has 1 aliphatic carbocycles. The monoisotopic (exact) mass is 207 g/mol. The minimum atomic E-state index is -0.474. The third-order valence-electron chi connectivity index (χ3n) is 2.67. The number of benzene rings is 1. The van der Waals surface area contributed by atoms with Crippen molar-refractivity contribution in [2.45, 2.75) is 25.3 Å². The van der Waals surface area contributed by atoms with Crippen molar-refractivity contribution in [1.29, 1.82) is 0 Å². The molecule has 1 fully saturated rings. The summed E-state index contributed by atoms with van der Waals surface area (Å²) in [5.41, 5.74) is 6.74. The smallest absolute Gasteiger partial charge is 0.292 e. The van der Waals surface area contributed by atoms with Crippen molar-refractivity contribution in [3.05, 3.63) is 28.3 Å². The Bertz CT molecular complexity index is 413. The van der Waals surface area contributed by atoms with Crippen molar-refractivity contribution in [2.75, 3.05) is 11.1 Å². The summed E-state index contributed by atoms with van der Waals surface area (Å²) >= 11 is 0. The van der Waals surface area contributed by atoms with E-state index in [1.807, 2.05) is 0 Å². The Kier molecular flexibility index (Phi) is 2.03. The summed E-state index contributed by atoms with van der Waals surface area (Å²) in [4.78, 5) is 10.1. The molecule has 5 nitrogen and oxygen atoms in total. The summed E-state index contributed by atoms with van der Waals surface area (Å²) in [5.74, 6) is 0. The van der Waals surface area contributed by atoms with Crippen LogP contribution in [0.2, 0.25) is 0 Å². The van der Waals surface area contributed by atoms with Gasteiger partial charge in [0.25, 0.3) is 5.69 Å². The molecule has 1 saturated carbocycles. The van der Waals surface area contributed by atoms with Gasteiger partial charge in [0, 0.05) is 17.3 Å². The molecule has 80 valence electrons. The Morgan fingerprint density at radius 1 is 1.53 bits per heavy atom. The van der Waals surface area contributed by atoms with Crippen LogP contribution in [0.25, 0.3) is 0 Å². The van der Waals surface area contributed by atoms with E-state index in [2.05, 4.69) is 12.2 Å². The van der Waals surface area contributed by atoms with E-state index in [-0.39, 0.29) is 16.9 Å². The van der Waals surface area contributed by atoms with Crippen LogP contribution in [-0.4, -0.2) is 10.5 Å². The van der Waals surface area contributed by atoms with Gasteiger partial charge in [0.15, 0.2) is 0 Å². The van der Waals surface area contributed by atoms with E-state index < -0.39 is 4.92 Å². The van der Waals surface area contributed by atoms with Gasteiger partial charge in [-0.2, -0.15) is 0 Å². The second-order valence-corrected chi connectivity index (χ2v) is 4.22. The van der Waals surface area contributed by atoms with Gasteiger partial charge in [0.2, 0.25) is 0 Å². The summed E-state index contributed by atoms with van der Waals surface area (Å²) in [6.45, 7) is 2.12. The van der Waals surface area contributed by atoms with E-state index in [4.69, 9.17) is 5.73 Å². The zero-order valence-electron chi connectivity index (χ0n) is 8.49. The SMILES string of the molecule is CC1(Nc2ccc([N+](=O)[O-])c(N)c2)CC1. The van der Waals surface area contributed by atoms with E-state index >= 15 is 0 Å². The first-order chi connectivity index (χ1) is 7.00. The first-order valence-electron chi connectivity index (χ1n) is 4.82. The molecule has 0 radical (unpaired) electrons. The van der Waals surface area contributed by atoms with Gasteiger partial charge in [-0.15, -0.1) is 0 Å². The fraction of sp³-hybridized carbons (Fsp3) is 0.400. The largest absolute Gasteiger partial charge is 0.393 e. The summed E-state index contributed by atoms with van der Waals surface area (Å²) in [6.07, 6.45) is 2.26. The number of hydrogen-bond acceptors (Lipinski definition) is 4. The highest BCUT2D eigenvalue weighted by Gasteiger charge is 2.37. The number of anilines is 2. The van der Waals surface area contributed by atoms with Crippen molar-refractivity contribution < 1.29 is 4.92 Å². The summed E-state index contributed by atoms with van der Waals surface area (Å²) in [6, 6.07) is 4.74. The predicted molar refractivity (Wildman–Crippen MR) is 58.8 cm³/mol. The lowest BCUT2D eigenvalue weighted by Crippen LogP contribution is -2.15. The molecular weight excluding hydrogens is 194 g/mol. The zero-order valence-corrected chi connectivity index (χ0v) is 8.49. The molecule has 0 bridgehead atoms. The van der Waals surface area contributed by atoms with E-state index in [1.54, 1.807) is 12.1 Å². The third kappa shape index (κ3) is 2.01. The van der Waals surface area contributed by atoms with Gasteiger partial charge in [-0.05, 0) is 31.9 Å². The van der Waals surface area contributed by atoms with E-state index in [9.17, 15) is 10.1 Å². The molecule has 0 amide bonds. The Hall–Kier alpha value is -1.78. The topological polar surface area (TPSA) is 81.2 Å². The maximum atomic E-state index is 10.5. The zero-order chi connectivity index (χ0) is 11.1. The minimum Gasteiger partial charge on any atom is -0.393 e. The standard InChI is InChI=1S/C10H13N3O2/c1-10(4-5-10)12-7-2-3-9(13(14)15)8(11)6-7/h2-3,6,12H,4-5,11H2,1H3. The lowest BCUT2D eigenvalue weighted by molar-refractivity contribution is -0.383. The van der Waals surface area contributed by atoms with Crippen LogP contribution >= 0.6 is 0 Å². The Morgan fingerprint density at radius 2 is 2.20 bits per heavy atom. The fourth-order valence-electron chi connectivity index (χ4n) is 1.46. The summed E-state index contributed by atoms with van der Waals surface area (Å²) < 4.78 is 0. The highest BCUT2D eigenvalue weighted by Crippen LogP contribution is 2.39. The second-order valence-electron chi connectivity index (χ2n) is 4.22. The van der Waals surface area contributed by atoms with Crippen LogP contribution in [0.3, 0.4) is 0 Å². The first kappa shape index (κ1) is 9.76. The van der Waals surface area contributed by atoms with Crippen LogP contribution in [0.4, 0.5) is 17.1 Å². The Balaban J connectivity index is 2.21. The highest BCUT2D eigenvalue weighted by molar-refractivity contribution is 5.66. The summed E-state index contributed by atoms with van der Waals surface area (Å²) in [7, 11) is 0. The van der Waals surface area contributed by atoms with Crippen molar-refractivity contribution in [1.82, 2.24) is 0 Å². The molecule has 2 rings (SSSR count). The van der Waals surface area contributed by atoms with Gasteiger partial charge in [-0.25, -0.2) is 0 Å². The van der Waals surface area contributed by atoms with Gasteiger partial charge >= 0.3 is 0 Å². The molecule has 5 heteroatoms. The van der Waals surface area contributed by atoms with E-state index in [0.29, 0.717) is 0 Å². The third-order valence-corrected chi connectivity index (χ3v) is 2.67. The number of nitrogens with zero attached hydrogens (tertiary/aromatic N) is 1. The molecule has 0 heterocycles. The summed E-state index contributed by atoms with van der Waals surface area (Å²) in [5, 5.41) is 13.8. The second kappa shape index (κ2) is 3.12. The molecule has 1 aliphatic rings. The quantitative estimate of drug-likeness (QED) is 0.452. The van der Waals surface area contributed by atoms with Gasteiger partial charge in [-0.3, -0.25) is 10.1 Å². The van der Waals surface area contributed by atoms with Gasteiger partial charge in [-0.1, -0.05) is 0 Å². The van der Waals surface area contributed by atoms with E-state index in [0.717, 1.165) is 18.5 Å². The van der Waals surface area contributed by atoms with Crippen LogP contribution in [0.1, 0.15) is 19.8 Å². The number of rotatable bonds is 3. The van der Waals surface area contributed by atoms with Crippen LogP contribution in [0.15, 0.2) is 18.2 Å². The van der Waals surface area contributed by atoms with Crippen LogP contribution in [0, 0.1) is 10.1 Å². The van der Waals surface area contributed by atoms with E-state index in [1.165, 1.54) is 6.07 Å². The molecule has 0 atom stereocenters. The average Bonchev–Trinajstić information content (AvgIpc) is 2.82. The molecule has 0 spiro atoms. The average molecular weight is 207 g/mol. The molecule has 3 N–H and O–H groups in total. The van der Waals surface area contributed by atoms with Gasteiger partial charge in [0.05, 0.1) is 4.92 Å². The lowest BCUT2D eigenvalue weighted by Gasteiger charge is -2.13. The molecule has 0 aromatic heterocycles. The number of nitrogens with one attached hydrogen (secondary N) is 1. The number of nitrogen functional groups attached to an aromatic ring is 1. The molecule has 0 saturated heterocycles. The van der Waals surface area contributed by atoms with Gasteiger partial charge < -0.3 is 11.1 Å².